The van der Waals surface area contributed by atoms with Crippen molar-refractivity contribution in [1.29, 1.82) is 0 Å². The van der Waals surface area contributed by atoms with Crippen LogP contribution < -0.4 is 10.1 Å². The highest BCUT2D eigenvalue weighted by Gasteiger charge is 2.35. The maximum Gasteiger partial charge on any atom is 0.331 e. The smallest absolute Gasteiger partial charge is 0.331 e. The van der Waals surface area contributed by atoms with Gasteiger partial charge < -0.3 is 9.15 Å². The minimum atomic E-state index is -0.745. The summed E-state index contributed by atoms with van der Waals surface area (Å²) in [5, 5.41) is 2.17. The van der Waals surface area contributed by atoms with E-state index in [4.69, 9.17) is 9.15 Å². The second-order valence-corrected chi connectivity index (χ2v) is 5.11. The van der Waals surface area contributed by atoms with Gasteiger partial charge in [-0.1, -0.05) is 12.1 Å². The molecule has 1 N–H and O–H groups in total. The van der Waals surface area contributed by atoms with Crippen molar-refractivity contribution in [1.82, 2.24) is 10.2 Å². The van der Waals surface area contributed by atoms with Gasteiger partial charge in [0.25, 0.3) is 11.8 Å². The Bertz CT molecular complexity index is 806. The van der Waals surface area contributed by atoms with Crippen molar-refractivity contribution >= 4 is 23.9 Å². The van der Waals surface area contributed by atoms with Crippen molar-refractivity contribution in [3.05, 3.63) is 59.6 Å². The minimum Gasteiger partial charge on any atom is -0.497 e. The van der Waals surface area contributed by atoms with E-state index in [9.17, 15) is 14.4 Å². The molecular formula is C17H14N2O5. The third kappa shape index (κ3) is 3.05. The summed E-state index contributed by atoms with van der Waals surface area (Å²) in [6.45, 7) is 0.0463. The summed E-state index contributed by atoms with van der Waals surface area (Å²) in [7, 11) is 1.55. The van der Waals surface area contributed by atoms with Crippen molar-refractivity contribution < 1.29 is 23.5 Å². The number of ether oxygens (including phenoxy) is 1. The van der Waals surface area contributed by atoms with Gasteiger partial charge in [-0.05, 0) is 29.8 Å². The summed E-state index contributed by atoms with van der Waals surface area (Å²) in [6.07, 6.45) is 4.21. The summed E-state index contributed by atoms with van der Waals surface area (Å²) in [6, 6.07) is 7.82. The number of hydrogen-bond acceptors (Lipinski definition) is 5. The molecule has 0 unspecified atom stereocenters. The molecule has 1 aliphatic rings. The second kappa shape index (κ2) is 6.41. The van der Waals surface area contributed by atoms with Crippen LogP contribution in [-0.2, 0) is 16.1 Å². The molecule has 0 aliphatic carbocycles. The van der Waals surface area contributed by atoms with Crippen molar-refractivity contribution in [2.75, 3.05) is 7.11 Å². The minimum absolute atomic E-state index is 0.0463. The molecule has 0 saturated carbocycles. The van der Waals surface area contributed by atoms with Crippen LogP contribution in [0.25, 0.3) is 6.08 Å². The molecular weight excluding hydrogens is 312 g/mol. The van der Waals surface area contributed by atoms with Gasteiger partial charge in [0, 0.05) is 5.56 Å². The second-order valence-electron chi connectivity index (χ2n) is 5.11. The topological polar surface area (TPSA) is 88.8 Å². The number of carbonyl (C=O) groups excluding carboxylic acids is 3. The SMILES string of the molecule is COc1ccc(CN2C(=O)NC(=O)C(=Cc3ccoc3)C2=O)cc1. The number of benzene rings is 1. The summed E-state index contributed by atoms with van der Waals surface area (Å²) >= 11 is 0. The Labute approximate surface area is 137 Å². The van der Waals surface area contributed by atoms with E-state index in [1.54, 1.807) is 37.4 Å². The van der Waals surface area contributed by atoms with Crippen LogP contribution in [0.2, 0.25) is 0 Å². The van der Waals surface area contributed by atoms with E-state index in [1.165, 1.54) is 18.6 Å². The number of barbiturate groups is 1. The van der Waals surface area contributed by atoms with E-state index in [-0.39, 0.29) is 12.1 Å². The average molecular weight is 326 g/mol. The Hall–Kier alpha value is -3.35. The van der Waals surface area contributed by atoms with E-state index in [0.717, 1.165) is 10.5 Å². The molecule has 7 nitrogen and oxygen atoms in total. The Morgan fingerprint density at radius 1 is 1.17 bits per heavy atom. The lowest BCUT2D eigenvalue weighted by Gasteiger charge is -2.26. The Kier molecular flexibility index (Phi) is 4.15. The number of furan rings is 1. The van der Waals surface area contributed by atoms with Crippen molar-refractivity contribution in [2.45, 2.75) is 6.54 Å². The quantitative estimate of drug-likeness (QED) is 0.685. The highest BCUT2D eigenvalue weighted by atomic mass is 16.5. The largest absolute Gasteiger partial charge is 0.497 e. The molecule has 0 bridgehead atoms. The first-order chi connectivity index (χ1) is 11.6. The maximum absolute atomic E-state index is 12.5. The molecule has 24 heavy (non-hydrogen) atoms. The molecule has 1 fully saturated rings. The standard InChI is InChI=1S/C17H14N2O5/c1-23-13-4-2-11(3-5-13)9-19-16(21)14(15(20)18-17(19)22)8-12-6-7-24-10-12/h2-8,10H,9H2,1H3,(H,18,20,22). The van der Waals surface area contributed by atoms with E-state index < -0.39 is 17.8 Å². The summed E-state index contributed by atoms with van der Waals surface area (Å²) in [5.74, 6) is -0.707. The van der Waals surface area contributed by atoms with Gasteiger partial charge in [0.05, 0.1) is 26.2 Å². The predicted molar refractivity (Wildman–Crippen MR) is 83.8 cm³/mol. The molecule has 122 valence electrons. The van der Waals surface area contributed by atoms with Crippen molar-refractivity contribution in [3.8, 4) is 5.75 Å². The number of rotatable bonds is 4. The summed E-state index contributed by atoms with van der Waals surface area (Å²) in [4.78, 5) is 37.4. The fourth-order valence-corrected chi connectivity index (χ4v) is 2.27. The first kappa shape index (κ1) is 15.5. The summed E-state index contributed by atoms with van der Waals surface area (Å²) in [5.41, 5.74) is 1.17. The highest BCUT2D eigenvalue weighted by Crippen LogP contribution is 2.18. The lowest BCUT2D eigenvalue weighted by molar-refractivity contribution is -0.130. The van der Waals surface area contributed by atoms with Crippen LogP contribution in [0.5, 0.6) is 5.75 Å². The molecule has 0 spiro atoms. The molecule has 2 heterocycles. The Balaban J connectivity index is 1.85. The number of amides is 4. The van der Waals surface area contributed by atoms with Gasteiger partial charge in [0.15, 0.2) is 0 Å². The van der Waals surface area contributed by atoms with Gasteiger partial charge in [0.1, 0.15) is 11.3 Å². The average Bonchev–Trinajstić information content (AvgIpc) is 3.09. The maximum atomic E-state index is 12.5. The lowest BCUT2D eigenvalue weighted by Crippen LogP contribution is -2.53. The van der Waals surface area contributed by atoms with E-state index >= 15 is 0 Å². The molecule has 1 saturated heterocycles. The van der Waals surface area contributed by atoms with Gasteiger partial charge >= 0.3 is 6.03 Å². The molecule has 1 aliphatic heterocycles. The number of methoxy groups -OCH3 is 1. The number of nitrogens with one attached hydrogen (secondary N) is 1. The van der Waals surface area contributed by atoms with Gasteiger partial charge in [0.2, 0.25) is 0 Å². The van der Waals surface area contributed by atoms with Crippen molar-refractivity contribution in [2.24, 2.45) is 0 Å². The van der Waals surface area contributed by atoms with Crippen LogP contribution in [-0.4, -0.2) is 29.9 Å². The van der Waals surface area contributed by atoms with Gasteiger partial charge in [-0.25, -0.2) is 4.79 Å². The first-order valence-corrected chi connectivity index (χ1v) is 7.12. The Morgan fingerprint density at radius 3 is 2.54 bits per heavy atom. The van der Waals surface area contributed by atoms with E-state index in [2.05, 4.69) is 5.32 Å². The molecule has 4 amide bonds. The van der Waals surface area contributed by atoms with E-state index in [1.807, 2.05) is 0 Å². The van der Waals surface area contributed by atoms with Crippen LogP contribution in [0.3, 0.4) is 0 Å². The fraction of sp³-hybridized carbons (Fsp3) is 0.118. The third-order valence-electron chi connectivity index (χ3n) is 3.54. The molecule has 0 atom stereocenters. The third-order valence-corrected chi connectivity index (χ3v) is 3.54. The number of nitrogens with zero attached hydrogens (tertiary/aromatic N) is 1. The first-order valence-electron chi connectivity index (χ1n) is 7.12. The number of carbonyl (C=O) groups is 3. The van der Waals surface area contributed by atoms with Crippen LogP contribution >= 0.6 is 0 Å². The van der Waals surface area contributed by atoms with Gasteiger partial charge in [-0.3, -0.25) is 19.8 Å². The monoisotopic (exact) mass is 326 g/mol. The molecule has 7 heteroatoms. The van der Waals surface area contributed by atoms with Crippen molar-refractivity contribution in [3.63, 3.8) is 0 Å². The van der Waals surface area contributed by atoms with E-state index in [0.29, 0.717) is 11.3 Å². The fourth-order valence-electron chi connectivity index (χ4n) is 2.27. The molecule has 1 aromatic heterocycles. The molecule has 0 radical (unpaired) electrons. The Morgan fingerprint density at radius 2 is 1.92 bits per heavy atom. The van der Waals surface area contributed by atoms with Gasteiger partial charge in [-0.2, -0.15) is 0 Å². The van der Waals surface area contributed by atoms with Gasteiger partial charge in [-0.15, -0.1) is 0 Å². The molecule has 1 aromatic carbocycles. The number of hydrogen-bond donors (Lipinski definition) is 1. The van der Waals surface area contributed by atoms with Crippen LogP contribution in [0.1, 0.15) is 11.1 Å². The zero-order valence-corrected chi connectivity index (χ0v) is 12.8. The number of urea groups is 1. The molecule has 3 rings (SSSR count). The van der Waals surface area contributed by atoms with Crippen LogP contribution in [0.4, 0.5) is 4.79 Å². The molecule has 2 aromatic rings. The zero-order valence-electron chi connectivity index (χ0n) is 12.8. The zero-order chi connectivity index (χ0) is 17.1. The normalized spacial score (nSPS) is 16.5. The number of imide groups is 2. The van der Waals surface area contributed by atoms with Crippen LogP contribution in [0, 0.1) is 0 Å². The predicted octanol–water partition coefficient (Wildman–Crippen LogP) is 1.95. The summed E-state index contributed by atoms with van der Waals surface area (Å²) < 4.78 is 9.98. The van der Waals surface area contributed by atoms with Crippen LogP contribution in [0.15, 0.2) is 52.8 Å². The highest BCUT2D eigenvalue weighted by molar-refractivity contribution is 6.30. The lowest BCUT2D eigenvalue weighted by atomic mass is 10.1.